The summed E-state index contributed by atoms with van der Waals surface area (Å²) in [6.07, 6.45) is -3.56. The fourth-order valence-electron chi connectivity index (χ4n) is 1.27. The normalized spacial score (nSPS) is 14.1. The van der Waals surface area contributed by atoms with E-state index in [1.54, 1.807) is 20.8 Å². The number of hydrogen-bond donors (Lipinski definition) is 1. The molecule has 1 atom stereocenters. The van der Waals surface area contributed by atoms with Gasteiger partial charge in [-0.2, -0.15) is 13.2 Å². The third-order valence-electron chi connectivity index (χ3n) is 2.14. The van der Waals surface area contributed by atoms with E-state index in [4.69, 9.17) is 0 Å². The summed E-state index contributed by atoms with van der Waals surface area (Å²) in [6.45, 7) is 3.88. The molecule has 1 unspecified atom stereocenters. The number of anilines is 1. The minimum Gasteiger partial charge on any atom is -0.388 e. The van der Waals surface area contributed by atoms with Crippen LogP contribution in [0.2, 0.25) is 0 Å². The van der Waals surface area contributed by atoms with Crippen LogP contribution in [0.25, 0.3) is 0 Å². The number of rotatable bonds is 4. The molecule has 0 aliphatic rings. The molecule has 3 nitrogen and oxygen atoms in total. The summed E-state index contributed by atoms with van der Waals surface area (Å²) in [5, 5.41) is 9.61. The summed E-state index contributed by atoms with van der Waals surface area (Å²) >= 11 is 1.08. The summed E-state index contributed by atoms with van der Waals surface area (Å²) in [4.78, 5) is 5.67. The quantitative estimate of drug-likeness (QED) is 0.912. The van der Waals surface area contributed by atoms with Crippen molar-refractivity contribution in [1.29, 1.82) is 0 Å². The van der Waals surface area contributed by atoms with Crippen LogP contribution in [-0.2, 0) is 0 Å². The average Bonchev–Trinajstić information content (AvgIpc) is 2.60. The first kappa shape index (κ1) is 14.2. The summed E-state index contributed by atoms with van der Waals surface area (Å²) < 4.78 is 37.2. The molecule has 0 amide bonds. The third kappa shape index (κ3) is 4.16. The molecule has 0 aromatic carbocycles. The zero-order valence-corrected chi connectivity index (χ0v) is 10.6. The summed E-state index contributed by atoms with van der Waals surface area (Å²) in [5.74, 6) is 0. The summed E-state index contributed by atoms with van der Waals surface area (Å²) in [5.41, 5.74) is 0. The highest BCUT2D eigenvalue weighted by atomic mass is 32.1. The molecule has 1 rings (SSSR count). The Balaban J connectivity index is 2.90. The Hall–Kier alpha value is -0.820. The van der Waals surface area contributed by atoms with Crippen LogP contribution in [0.1, 0.15) is 31.8 Å². The molecule has 0 aliphatic heterocycles. The molecular weight excluding hydrogens is 253 g/mol. The second-order valence-electron chi connectivity index (χ2n) is 4.06. The lowest BCUT2D eigenvalue weighted by Gasteiger charge is -2.27. The van der Waals surface area contributed by atoms with E-state index in [0.717, 1.165) is 11.3 Å². The van der Waals surface area contributed by atoms with E-state index in [2.05, 4.69) is 4.98 Å². The van der Waals surface area contributed by atoms with Crippen molar-refractivity contribution in [3.05, 3.63) is 11.1 Å². The van der Waals surface area contributed by atoms with Gasteiger partial charge < -0.3 is 10.0 Å². The van der Waals surface area contributed by atoms with Gasteiger partial charge in [0.25, 0.3) is 0 Å². The van der Waals surface area contributed by atoms with Crippen LogP contribution in [0.15, 0.2) is 6.20 Å². The Bertz CT molecular complexity index is 363. The number of halogens is 3. The number of nitrogens with zero attached hydrogens (tertiary/aromatic N) is 2. The molecule has 1 N–H and O–H groups in total. The van der Waals surface area contributed by atoms with Crippen molar-refractivity contribution in [3.8, 4) is 0 Å². The molecule has 1 heterocycles. The Morgan fingerprint density at radius 3 is 2.35 bits per heavy atom. The van der Waals surface area contributed by atoms with Gasteiger partial charge in [0, 0.05) is 12.2 Å². The molecule has 0 fully saturated rings. The maximum atomic E-state index is 12.4. The fraction of sp³-hybridized carbons (Fsp3) is 0.700. The maximum Gasteiger partial charge on any atom is 0.406 e. The van der Waals surface area contributed by atoms with Crippen LogP contribution in [0, 0.1) is 0 Å². The van der Waals surface area contributed by atoms with Crippen LogP contribution >= 0.6 is 11.3 Å². The van der Waals surface area contributed by atoms with Gasteiger partial charge in [0.15, 0.2) is 5.13 Å². The van der Waals surface area contributed by atoms with Crippen LogP contribution in [0.4, 0.5) is 18.3 Å². The minimum atomic E-state index is -4.26. The van der Waals surface area contributed by atoms with Gasteiger partial charge in [0.05, 0.1) is 11.0 Å². The van der Waals surface area contributed by atoms with Gasteiger partial charge in [-0.3, -0.25) is 0 Å². The van der Waals surface area contributed by atoms with Crippen LogP contribution < -0.4 is 4.90 Å². The molecule has 7 heteroatoms. The second-order valence-corrected chi connectivity index (χ2v) is 5.10. The van der Waals surface area contributed by atoms with Crippen LogP contribution in [0.5, 0.6) is 0 Å². The predicted octanol–water partition coefficient (Wildman–Crippen LogP) is 2.97. The van der Waals surface area contributed by atoms with Crippen molar-refractivity contribution in [2.75, 3.05) is 11.4 Å². The number of alkyl halides is 3. The molecule has 0 radical (unpaired) electrons. The van der Waals surface area contributed by atoms with E-state index in [1.807, 2.05) is 0 Å². The lowest BCUT2D eigenvalue weighted by Crippen LogP contribution is -2.39. The van der Waals surface area contributed by atoms with Crippen LogP contribution in [-0.4, -0.2) is 28.9 Å². The highest BCUT2D eigenvalue weighted by molar-refractivity contribution is 7.15. The van der Waals surface area contributed by atoms with Gasteiger partial charge >= 0.3 is 6.18 Å². The van der Waals surface area contributed by atoms with Gasteiger partial charge in [-0.25, -0.2) is 4.98 Å². The molecule has 1 aromatic rings. The highest BCUT2D eigenvalue weighted by Crippen LogP contribution is 2.30. The first-order valence-corrected chi connectivity index (χ1v) is 5.99. The van der Waals surface area contributed by atoms with E-state index in [-0.39, 0.29) is 11.2 Å². The minimum absolute atomic E-state index is 0.285. The molecule has 0 spiro atoms. The molecule has 0 aliphatic carbocycles. The van der Waals surface area contributed by atoms with Crippen molar-refractivity contribution in [1.82, 2.24) is 4.98 Å². The van der Waals surface area contributed by atoms with E-state index >= 15 is 0 Å². The largest absolute Gasteiger partial charge is 0.406 e. The van der Waals surface area contributed by atoms with Crippen molar-refractivity contribution in [2.45, 2.75) is 39.1 Å². The first-order chi connectivity index (χ1) is 7.70. The number of thiazole rings is 1. The molecule has 1 aromatic heterocycles. The monoisotopic (exact) mass is 268 g/mol. The van der Waals surface area contributed by atoms with Crippen LogP contribution in [0.3, 0.4) is 0 Å². The summed E-state index contributed by atoms with van der Waals surface area (Å²) in [6, 6.07) is -0.301. The lowest BCUT2D eigenvalue weighted by molar-refractivity contribution is -0.120. The SMILES string of the molecule is CC(O)c1cnc(N(CC(F)(F)F)C(C)C)s1. The van der Waals surface area contributed by atoms with Crippen molar-refractivity contribution >= 4 is 16.5 Å². The van der Waals surface area contributed by atoms with E-state index < -0.39 is 18.8 Å². The Morgan fingerprint density at radius 1 is 1.41 bits per heavy atom. The molecule has 0 saturated heterocycles. The standard InChI is InChI=1S/C10H15F3N2OS/c1-6(2)15(5-10(11,12)13)9-14-4-8(17-9)7(3)16/h4,6-7,16H,5H2,1-3H3. The van der Waals surface area contributed by atoms with Crippen molar-refractivity contribution in [2.24, 2.45) is 0 Å². The van der Waals surface area contributed by atoms with Crippen molar-refractivity contribution in [3.63, 3.8) is 0 Å². The smallest absolute Gasteiger partial charge is 0.388 e. The fourth-order valence-corrected chi connectivity index (χ4v) is 2.25. The van der Waals surface area contributed by atoms with Gasteiger partial charge in [-0.15, -0.1) is 0 Å². The van der Waals surface area contributed by atoms with Gasteiger partial charge in [0.1, 0.15) is 6.54 Å². The molecule has 0 bridgehead atoms. The Kier molecular flexibility index (Phi) is 4.37. The van der Waals surface area contributed by atoms with Gasteiger partial charge in [0.2, 0.25) is 0 Å². The molecule has 0 saturated carbocycles. The number of hydrogen-bond acceptors (Lipinski definition) is 4. The number of aromatic nitrogens is 1. The average molecular weight is 268 g/mol. The molecular formula is C10H15F3N2OS. The number of aliphatic hydroxyl groups is 1. The van der Waals surface area contributed by atoms with Gasteiger partial charge in [-0.1, -0.05) is 11.3 Å². The maximum absolute atomic E-state index is 12.4. The lowest BCUT2D eigenvalue weighted by atomic mass is 10.3. The topological polar surface area (TPSA) is 36.4 Å². The predicted molar refractivity (Wildman–Crippen MR) is 61.3 cm³/mol. The highest BCUT2D eigenvalue weighted by Gasteiger charge is 2.33. The number of aliphatic hydroxyl groups excluding tert-OH is 1. The Labute approximate surface area is 102 Å². The van der Waals surface area contributed by atoms with E-state index in [0.29, 0.717) is 4.88 Å². The summed E-state index contributed by atoms with van der Waals surface area (Å²) in [7, 11) is 0. The second kappa shape index (κ2) is 5.22. The zero-order valence-electron chi connectivity index (χ0n) is 9.82. The van der Waals surface area contributed by atoms with Crippen molar-refractivity contribution < 1.29 is 18.3 Å². The Morgan fingerprint density at radius 2 is 2.00 bits per heavy atom. The van der Waals surface area contributed by atoms with E-state index in [9.17, 15) is 18.3 Å². The zero-order chi connectivity index (χ0) is 13.2. The van der Waals surface area contributed by atoms with Gasteiger partial charge in [-0.05, 0) is 20.8 Å². The molecule has 98 valence electrons. The molecule has 17 heavy (non-hydrogen) atoms. The third-order valence-corrected chi connectivity index (χ3v) is 3.35. The van der Waals surface area contributed by atoms with E-state index in [1.165, 1.54) is 11.1 Å². The first-order valence-electron chi connectivity index (χ1n) is 5.18.